The summed E-state index contributed by atoms with van der Waals surface area (Å²) in [4.78, 5) is 0. The number of hydrogen-bond donors (Lipinski definition) is 0. The van der Waals surface area contributed by atoms with Crippen molar-refractivity contribution >= 4 is 0 Å². The van der Waals surface area contributed by atoms with Crippen molar-refractivity contribution in [2.24, 2.45) is 0 Å². The van der Waals surface area contributed by atoms with Crippen LogP contribution in [-0.4, -0.2) is 6.10 Å². The van der Waals surface area contributed by atoms with E-state index in [2.05, 4.69) is 48.5 Å². The summed E-state index contributed by atoms with van der Waals surface area (Å²) in [6, 6.07) is 28.6. The summed E-state index contributed by atoms with van der Waals surface area (Å²) in [5, 5.41) is 0. The van der Waals surface area contributed by atoms with E-state index in [1.54, 1.807) is 0 Å². The molecule has 28 heavy (non-hydrogen) atoms. The van der Waals surface area contributed by atoms with Crippen LogP contribution in [0.2, 0.25) is 0 Å². The third kappa shape index (κ3) is 6.61. The van der Waals surface area contributed by atoms with Crippen LogP contribution in [0, 0.1) is 0 Å². The van der Waals surface area contributed by atoms with Crippen molar-refractivity contribution in [1.29, 1.82) is 0 Å². The first-order chi connectivity index (χ1) is 13.7. The van der Waals surface area contributed by atoms with Crippen molar-refractivity contribution < 1.29 is 14.2 Å². The van der Waals surface area contributed by atoms with Crippen LogP contribution in [0.1, 0.15) is 42.4 Å². The van der Waals surface area contributed by atoms with E-state index in [0.29, 0.717) is 19.8 Å². The van der Waals surface area contributed by atoms with Crippen LogP contribution >= 0.6 is 0 Å². The first-order valence-corrected chi connectivity index (χ1v) is 9.72. The van der Waals surface area contributed by atoms with Crippen LogP contribution in [0.25, 0.3) is 0 Å². The highest BCUT2D eigenvalue weighted by Crippen LogP contribution is 2.23. The molecule has 0 bridgehead atoms. The SMILES string of the molecule is CC(C)OCc1ccc(C(OCc2ccccc2)OCc2ccccc2)cc1. The fourth-order valence-corrected chi connectivity index (χ4v) is 2.77. The summed E-state index contributed by atoms with van der Waals surface area (Å²) in [6.07, 6.45) is -0.212. The summed E-state index contributed by atoms with van der Waals surface area (Å²) in [5.41, 5.74) is 4.39. The van der Waals surface area contributed by atoms with Gasteiger partial charge in [0.1, 0.15) is 0 Å². The monoisotopic (exact) mass is 376 g/mol. The lowest BCUT2D eigenvalue weighted by molar-refractivity contribution is -0.161. The van der Waals surface area contributed by atoms with Gasteiger partial charge < -0.3 is 14.2 Å². The normalized spacial score (nSPS) is 11.3. The Labute approximate surface area is 167 Å². The molecule has 3 rings (SSSR count). The molecule has 0 aliphatic rings. The first-order valence-electron chi connectivity index (χ1n) is 9.72. The maximum atomic E-state index is 6.12. The fourth-order valence-electron chi connectivity index (χ4n) is 2.77. The van der Waals surface area contributed by atoms with Crippen LogP contribution in [0.15, 0.2) is 84.9 Å². The minimum absolute atomic E-state index is 0.218. The minimum atomic E-state index is -0.430. The Bertz CT molecular complexity index is 755. The van der Waals surface area contributed by atoms with E-state index in [4.69, 9.17) is 14.2 Å². The molecule has 3 aromatic carbocycles. The zero-order chi connectivity index (χ0) is 19.6. The maximum Gasteiger partial charge on any atom is 0.184 e. The lowest BCUT2D eigenvalue weighted by Gasteiger charge is -2.20. The molecular weight excluding hydrogens is 348 g/mol. The van der Waals surface area contributed by atoms with Gasteiger partial charge in [-0.05, 0) is 30.5 Å². The molecule has 0 saturated heterocycles. The molecule has 0 aliphatic carbocycles. The highest BCUT2D eigenvalue weighted by molar-refractivity contribution is 5.23. The smallest absolute Gasteiger partial charge is 0.184 e. The second-order valence-electron chi connectivity index (χ2n) is 7.03. The predicted octanol–water partition coefficient (Wildman–Crippen LogP) is 6.04. The van der Waals surface area contributed by atoms with Gasteiger partial charge in [-0.15, -0.1) is 0 Å². The molecule has 3 heteroatoms. The third-order valence-corrected chi connectivity index (χ3v) is 4.32. The average molecular weight is 376 g/mol. The predicted molar refractivity (Wildman–Crippen MR) is 112 cm³/mol. The van der Waals surface area contributed by atoms with E-state index in [9.17, 15) is 0 Å². The van der Waals surface area contributed by atoms with E-state index in [1.807, 2.05) is 50.2 Å². The lowest BCUT2D eigenvalue weighted by Crippen LogP contribution is -2.10. The quantitative estimate of drug-likeness (QED) is 0.404. The Morgan fingerprint density at radius 1 is 0.536 bits per heavy atom. The van der Waals surface area contributed by atoms with Gasteiger partial charge in [0.15, 0.2) is 6.29 Å². The van der Waals surface area contributed by atoms with Crippen molar-refractivity contribution in [3.63, 3.8) is 0 Å². The highest BCUT2D eigenvalue weighted by atomic mass is 16.7. The first kappa shape index (κ1) is 20.3. The van der Waals surface area contributed by atoms with Crippen molar-refractivity contribution in [2.75, 3.05) is 0 Å². The van der Waals surface area contributed by atoms with Gasteiger partial charge in [0, 0.05) is 5.56 Å². The van der Waals surface area contributed by atoms with Gasteiger partial charge in [0.2, 0.25) is 0 Å². The second-order valence-corrected chi connectivity index (χ2v) is 7.03. The largest absolute Gasteiger partial charge is 0.374 e. The van der Waals surface area contributed by atoms with Crippen molar-refractivity contribution in [3.8, 4) is 0 Å². The van der Waals surface area contributed by atoms with Crippen molar-refractivity contribution in [3.05, 3.63) is 107 Å². The molecule has 0 spiro atoms. The topological polar surface area (TPSA) is 27.7 Å². The Morgan fingerprint density at radius 2 is 0.964 bits per heavy atom. The van der Waals surface area contributed by atoms with Gasteiger partial charge in [-0.1, -0.05) is 84.9 Å². The fraction of sp³-hybridized carbons (Fsp3) is 0.280. The summed E-state index contributed by atoms with van der Waals surface area (Å²) >= 11 is 0. The maximum absolute atomic E-state index is 6.12. The molecule has 0 unspecified atom stereocenters. The Kier molecular flexibility index (Phi) is 7.80. The van der Waals surface area contributed by atoms with E-state index >= 15 is 0 Å². The Morgan fingerprint density at radius 3 is 1.43 bits per heavy atom. The molecule has 0 saturated carbocycles. The molecular formula is C25H28O3. The van der Waals surface area contributed by atoms with Crippen molar-refractivity contribution in [2.45, 2.75) is 46.1 Å². The molecule has 146 valence electrons. The van der Waals surface area contributed by atoms with Crippen LogP contribution in [0.5, 0.6) is 0 Å². The van der Waals surface area contributed by atoms with Gasteiger partial charge in [0.05, 0.1) is 25.9 Å². The molecule has 0 fully saturated rings. The van der Waals surface area contributed by atoms with Gasteiger partial charge in [-0.3, -0.25) is 0 Å². The van der Waals surface area contributed by atoms with Gasteiger partial charge in [0.25, 0.3) is 0 Å². The third-order valence-electron chi connectivity index (χ3n) is 4.32. The van der Waals surface area contributed by atoms with Crippen LogP contribution in [-0.2, 0) is 34.0 Å². The summed E-state index contributed by atoms with van der Waals surface area (Å²) in [6.45, 7) is 5.69. The zero-order valence-electron chi connectivity index (χ0n) is 16.6. The molecule has 0 aliphatic heterocycles. The number of ether oxygens (including phenoxy) is 3. The van der Waals surface area contributed by atoms with Gasteiger partial charge in [-0.25, -0.2) is 0 Å². The van der Waals surface area contributed by atoms with E-state index in [0.717, 1.165) is 22.3 Å². The molecule has 0 heterocycles. The highest BCUT2D eigenvalue weighted by Gasteiger charge is 2.13. The van der Waals surface area contributed by atoms with Gasteiger partial charge in [-0.2, -0.15) is 0 Å². The average Bonchev–Trinajstić information content (AvgIpc) is 2.74. The standard InChI is InChI=1S/C25H28O3/c1-20(2)26-17-23-13-15-24(16-14-23)25(27-18-21-9-5-3-6-10-21)28-19-22-11-7-4-8-12-22/h3-16,20,25H,17-19H2,1-2H3. The number of benzene rings is 3. The van der Waals surface area contributed by atoms with E-state index < -0.39 is 6.29 Å². The van der Waals surface area contributed by atoms with Gasteiger partial charge >= 0.3 is 0 Å². The molecule has 0 amide bonds. The molecule has 0 atom stereocenters. The summed E-state index contributed by atoms with van der Waals surface area (Å²) < 4.78 is 17.9. The molecule has 0 aromatic heterocycles. The molecule has 3 aromatic rings. The van der Waals surface area contributed by atoms with E-state index in [-0.39, 0.29) is 6.10 Å². The molecule has 3 nitrogen and oxygen atoms in total. The van der Waals surface area contributed by atoms with Crippen LogP contribution < -0.4 is 0 Å². The zero-order valence-corrected chi connectivity index (χ0v) is 16.6. The minimum Gasteiger partial charge on any atom is -0.374 e. The Hall–Kier alpha value is -2.46. The van der Waals surface area contributed by atoms with Crippen LogP contribution in [0.4, 0.5) is 0 Å². The van der Waals surface area contributed by atoms with E-state index in [1.165, 1.54) is 0 Å². The lowest BCUT2D eigenvalue weighted by atomic mass is 10.1. The van der Waals surface area contributed by atoms with Crippen LogP contribution in [0.3, 0.4) is 0 Å². The molecule has 0 radical (unpaired) electrons. The number of rotatable bonds is 10. The van der Waals surface area contributed by atoms with Crippen molar-refractivity contribution in [1.82, 2.24) is 0 Å². The summed E-state index contributed by atoms with van der Waals surface area (Å²) in [5.74, 6) is 0. The Balaban J connectivity index is 1.67. The summed E-state index contributed by atoms with van der Waals surface area (Å²) in [7, 11) is 0. The molecule has 0 N–H and O–H groups in total. The second kappa shape index (κ2) is 10.8. The number of hydrogen-bond acceptors (Lipinski definition) is 3.